The second kappa shape index (κ2) is 25.4. The van der Waals surface area contributed by atoms with Crippen LogP contribution in [0.4, 0.5) is 23.2 Å². The number of aliphatic hydroxyl groups is 6. The van der Waals surface area contributed by atoms with Crippen LogP contribution in [0.5, 0.6) is 5.75 Å². The molecule has 9 aliphatic rings. The predicted molar refractivity (Wildman–Crippen MR) is 346 cm³/mol. The number of hydrogen-bond donors (Lipinski definition) is 7. The standard InChI is InChI=1S/C35H37F2NO6.C21H26F2O6.C20H24O3/c1-32-11-10-23(40)14-26(32)27(36)15-25-24-16-30-35(29(42)18-39,33(24,2)17-28(41)34(25,32)37)44-31(43-30)21-8-6-19(7-9-21)12-20-4-3-5-22(38)13-20;1-18-4-3-10(25)5-13(18)14(22)6-12-11-7-15(26)21(29,17(28)9-24)19(11,2)8-16(27)20(12,18)23;1-20(2,3)23-19(21)14-17-7-5-6-16(13-17)12-15-8-10-18(22-4)11-9-15/h3-11,13-14,24-25,27-28,30-31,39,41H,12,15-18,38H2,1-2H3;3-5,11-12,14-16,24,26-27,29H,6-9H2,1-2H3;5-11,13H,12,14H2,1-4H3/t24-,25-,27-,28-,30+,31+,32-,33-,34-,35+;11-,12-,14-,15+,16-,18-,19-,20-,21-;/m00./s1. The number of nitrogens with two attached hydrogens (primary N) is 1. The van der Waals surface area contributed by atoms with Crippen LogP contribution in [0.25, 0.3) is 0 Å². The van der Waals surface area contributed by atoms with E-state index >= 15 is 17.6 Å². The van der Waals surface area contributed by atoms with Crippen LogP contribution in [0, 0.1) is 45.3 Å². The van der Waals surface area contributed by atoms with Crippen molar-refractivity contribution in [3.8, 4) is 5.75 Å². The minimum atomic E-state index is -2.37. The summed E-state index contributed by atoms with van der Waals surface area (Å²) in [4.78, 5) is 61.9. The maximum atomic E-state index is 17.5. The number of allylic oxidation sites excluding steroid dienone is 8. The molecule has 8 N–H and O–H groups in total. The highest BCUT2D eigenvalue weighted by Gasteiger charge is 2.81. The Kier molecular flexibility index (Phi) is 18.6. The lowest BCUT2D eigenvalue weighted by molar-refractivity contribution is -0.235. The Bertz CT molecular complexity index is 3830. The Morgan fingerprint density at radius 2 is 1.11 bits per heavy atom. The minimum Gasteiger partial charge on any atom is -0.497 e. The van der Waals surface area contributed by atoms with Gasteiger partial charge in [-0.1, -0.05) is 98.8 Å². The zero-order valence-corrected chi connectivity index (χ0v) is 55.3. The number of alkyl halides is 4. The molecule has 8 aliphatic carbocycles. The van der Waals surface area contributed by atoms with E-state index in [1.54, 1.807) is 14.0 Å². The number of Topliss-reactive ketones (excluding diaryl/α,β-unsaturated/α-hetero) is 2. The number of carbonyl (C=O) groups is 5. The fourth-order valence-corrected chi connectivity index (χ4v) is 18.7. The van der Waals surface area contributed by atoms with E-state index < -0.39 is 153 Å². The van der Waals surface area contributed by atoms with Gasteiger partial charge >= 0.3 is 5.97 Å². The van der Waals surface area contributed by atoms with Crippen LogP contribution in [-0.2, 0) is 57.4 Å². The molecule has 13 rings (SSSR count). The normalized spacial score (nSPS) is 38.2. The molecule has 0 radical (unpaired) electrons. The van der Waals surface area contributed by atoms with Gasteiger partial charge in [0.05, 0.1) is 37.9 Å². The first-order chi connectivity index (χ1) is 45.1. The number of carbonyl (C=O) groups excluding carboxylic acids is 5. The molecule has 1 saturated heterocycles. The van der Waals surface area contributed by atoms with Crippen molar-refractivity contribution in [3.63, 3.8) is 0 Å². The summed E-state index contributed by atoms with van der Waals surface area (Å²) in [6.45, 7) is 10.0. The SMILES string of the molecule is COc1ccc(Cc2cccc(CC(=O)OC(C)(C)C)c2)cc1.C[C@]12C=CC(=O)C=C1[C@@H](F)C[C@H]1[C@@H]3C[C@@H](O)[C@](O)(C(=O)CO)[C@@]3(C)C[C@H](O)[C@@]12F.C[C@]12C=CC(=O)C=C1[C@@H](F)C[C@H]1[C@@H]3C[C@H]4O[C@@H](c5ccc(Cc6cccc(N)c6)cc5)O[C@@]4(C(=O)CO)[C@@]3(C)C[C@H](O)[C@@]12F. The highest BCUT2D eigenvalue weighted by atomic mass is 19.2. The van der Waals surface area contributed by atoms with Gasteiger partial charge in [-0.15, -0.1) is 0 Å². The first-order valence-corrected chi connectivity index (χ1v) is 32.9. The summed E-state index contributed by atoms with van der Waals surface area (Å²) in [6.07, 6.45) is -1.81. The van der Waals surface area contributed by atoms with Crippen LogP contribution in [-0.4, -0.2) is 145 Å². The van der Waals surface area contributed by atoms with Gasteiger partial charge in [0.25, 0.3) is 0 Å². The topological polar surface area (TPSA) is 270 Å². The third kappa shape index (κ3) is 11.3. The average Bonchev–Trinajstić information content (AvgIpc) is 1.39. The Hall–Kier alpha value is -7.01. The molecule has 0 spiro atoms. The van der Waals surface area contributed by atoms with Crippen LogP contribution in [0.2, 0.25) is 0 Å². The summed E-state index contributed by atoms with van der Waals surface area (Å²) < 4.78 is 88.8. The van der Waals surface area contributed by atoms with E-state index in [2.05, 4.69) is 24.3 Å². The van der Waals surface area contributed by atoms with E-state index in [-0.39, 0.29) is 55.6 Å². The van der Waals surface area contributed by atoms with E-state index in [0.717, 1.165) is 47.1 Å². The van der Waals surface area contributed by atoms with Gasteiger partial charge < -0.3 is 55.3 Å². The van der Waals surface area contributed by atoms with E-state index in [1.807, 2.05) is 93.6 Å². The number of hydrogen-bond acceptors (Lipinski definition) is 16. The Morgan fingerprint density at radius 1 is 0.625 bits per heavy atom. The number of benzene rings is 4. The molecule has 16 nitrogen and oxygen atoms in total. The maximum absolute atomic E-state index is 17.5. The largest absolute Gasteiger partial charge is 0.497 e. The van der Waals surface area contributed by atoms with Gasteiger partial charge in [-0.25, -0.2) is 17.6 Å². The maximum Gasteiger partial charge on any atom is 0.310 e. The molecule has 6 saturated carbocycles. The van der Waals surface area contributed by atoms with Gasteiger partial charge in [0.2, 0.25) is 0 Å². The first kappa shape index (κ1) is 70.3. The monoisotopic (exact) mass is 1330 g/mol. The molecule has 0 bridgehead atoms. The first-order valence-electron chi connectivity index (χ1n) is 32.9. The highest BCUT2D eigenvalue weighted by Crippen LogP contribution is 2.74. The van der Waals surface area contributed by atoms with Gasteiger partial charge in [0.15, 0.2) is 52.0 Å². The molecule has 0 unspecified atom stereocenters. The van der Waals surface area contributed by atoms with Gasteiger partial charge in [-0.2, -0.15) is 0 Å². The van der Waals surface area contributed by atoms with Crippen LogP contribution >= 0.6 is 0 Å². The number of ether oxygens (including phenoxy) is 4. The zero-order valence-electron chi connectivity index (χ0n) is 55.3. The summed E-state index contributed by atoms with van der Waals surface area (Å²) >= 11 is 0. The lowest BCUT2D eigenvalue weighted by Gasteiger charge is -2.63. The van der Waals surface area contributed by atoms with Gasteiger partial charge in [0, 0.05) is 44.7 Å². The summed E-state index contributed by atoms with van der Waals surface area (Å²) in [7, 11) is 1.66. The summed E-state index contributed by atoms with van der Waals surface area (Å²) in [5.74, 6) is -5.31. The van der Waals surface area contributed by atoms with E-state index in [4.69, 9.17) is 24.7 Å². The van der Waals surface area contributed by atoms with Crippen molar-refractivity contribution in [2.75, 3.05) is 26.1 Å². The molecule has 514 valence electrons. The second-order valence-corrected chi connectivity index (χ2v) is 29.7. The highest BCUT2D eigenvalue weighted by molar-refractivity contribution is 6.02. The number of methoxy groups -OCH3 is 1. The van der Waals surface area contributed by atoms with Gasteiger partial charge in [-0.05, 0) is 185 Å². The molecule has 20 heteroatoms. The molecular formula is C76H87F4NO15. The van der Waals surface area contributed by atoms with Crippen LogP contribution in [0.1, 0.15) is 127 Å². The summed E-state index contributed by atoms with van der Waals surface area (Å²) in [5, 5.41) is 63.8. The number of halogens is 4. The number of nitrogen functional groups attached to an aromatic ring is 1. The van der Waals surface area contributed by atoms with Crippen LogP contribution in [0.15, 0.2) is 145 Å². The predicted octanol–water partition coefficient (Wildman–Crippen LogP) is 9.24. The number of anilines is 1. The van der Waals surface area contributed by atoms with E-state index in [9.17, 15) is 54.6 Å². The summed E-state index contributed by atoms with van der Waals surface area (Å²) in [6, 6.07) is 31.4. The van der Waals surface area contributed by atoms with Crippen molar-refractivity contribution < 1.29 is 91.1 Å². The average molecular weight is 1330 g/mol. The van der Waals surface area contributed by atoms with Crippen LogP contribution in [0.3, 0.4) is 0 Å². The Morgan fingerprint density at radius 3 is 1.62 bits per heavy atom. The number of aliphatic hydroxyl groups excluding tert-OH is 5. The fourth-order valence-electron chi connectivity index (χ4n) is 18.7. The third-order valence-corrected chi connectivity index (χ3v) is 23.3. The van der Waals surface area contributed by atoms with Crippen molar-refractivity contribution in [1.29, 1.82) is 0 Å². The van der Waals surface area contributed by atoms with Crippen molar-refractivity contribution >= 4 is 34.8 Å². The lowest BCUT2D eigenvalue weighted by Crippen LogP contribution is -2.70. The Labute approximate surface area is 556 Å². The van der Waals surface area contributed by atoms with Crippen molar-refractivity contribution in [1.82, 2.24) is 0 Å². The molecule has 0 amide bonds. The third-order valence-electron chi connectivity index (χ3n) is 23.3. The zero-order chi connectivity index (χ0) is 69.7. The molecule has 4 aromatic rings. The van der Waals surface area contributed by atoms with Crippen LogP contribution < -0.4 is 10.5 Å². The summed E-state index contributed by atoms with van der Waals surface area (Å²) in [5.41, 5.74) is -2.06. The molecule has 1 heterocycles. The second-order valence-electron chi connectivity index (χ2n) is 29.7. The van der Waals surface area contributed by atoms with Gasteiger partial charge in [0.1, 0.15) is 36.9 Å². The smallest absolute Gasteiger partial charge is 0.310 e. The van der Waals surface area contributed by atoms with Gasteiger partial charge in [-0.3, -0.25) is 24.0 Å². The fraction of sp³-hybridized carbons (Fsp3) is 0.513. The molecule has 19 atom stereocenters. The molecular weight excluding hydrogens is 1240 g/mol. The molecule has 0 aromatic heterocycles. The lowest BCUT2D eigenvalue weighted by atomic mass is 9.44. The quantitative estimate of drug-likeness (QED) is 0.0396. The Balaban J connectivity index is 0.000000156. The number of rotatable bonds is 12. The van der Waals surface area contributed by atoms with E-state index in [1.165, 1.54) is 50.1 Å². The molecule has 96 heavy (non-hydrogen) atoms. The van der Waals surface area contributed by atoms with Crippen molar-refractivity contribution in [3.05, 3.63) is 178 Å². The molecule has 1 aliphatic heterocycles. The van der Waals surface area contributed by atoms with E-state index in [0.29, 0.717) is 24.1 Å². The number of esters is 1. The number of fused-ring (bicyclic) bond motifs is 12. The molecule has 7 fully saturated rings. The number of ketones is 4. The minimum absolute atomic E-state index is 0.0216. The van der Waals surface area contributed by atoms with Crippen molar-refractivity contribution in [2.45, 2.75) is 177 Å². The van der Waals surface area contributed by atoms with Crippen molar-refractivity contribution in [2.24, 2.45) is 45.3 Å². The molecule has 4 aromatic carbocycles.